The van der Waals surface area contributed by atoms with Gasteiger partial charge in [0.2, 0.25) is 0 Å². The Morgan fingerprint density at radius 3 is 1.42 bits per heavy atom. The van der Waals surface area contributed by atoms with Crippen molar-refractivity contribution in [2.45, 2.75) is 5.41 Å². The van der Waals surface area contributed by atoms with E-state index in [1.807, 2.05) is 0 Å². The first-order valence-corrected chi connectivity index (χ1v) is 15.5. The van der Waals surface area contributed by atoms with E-state index in [2.05, 4.69) is 169 Å². The summed E-state index contributed by atoms with van der Waals surface area (Å²) in [6, 6.07) is 59.2. The minimum Gasteiger partial charge on any atom is -0.456 e. The number of rotatable bonds is 3. The second-order valence-electron chi connectivity index (χ2n) is 12.1. The van der Waals surface area contributed by atoms with E-state index in [1.54, 1.807) is 0 Å². The molecule has 0 fully saturated rings. The zero-order valence-corrected chi connectivity index (χ0v) is 24.4. The quantitative estimate of drug-likeness (QED) is 0.209. The monoisotopic (exact) mass is 573 g/mol. The van der Waals surface area contributed by atoms with Crippen molar-refractivity contribution in [3.63, 3.8) is 0 Å². The normalized spacial score (nSPS) is 13.5. The molecule has 2 heteroatoms. The largest absolute Gasteiger partial charge is 0.456 e. The average molecular weight is 574 g/mol. The van der Waals surface area contributed by atoms with Crippen LogP contribution < -0.4 is 4.90 Å². The molecule has 1 aromatic heterocycles. The second kappa shape index (κ2) is 9.07. The number of furan rings is 1. The fourth-order valence-corrected chi connectivity index (χ4v) is 8.09. The molecule has 0 atom stereocenters. The molecule has 0 unspecified atom stereocenters. The minimum absolute atomic E-state index is 0.380. The summed E-state index contributed by atoms with van der Waals surface area (Å²) in [6.07, 6.45) is 0. The van der Waals surface area contributed by atoms with Crippen molar-refractivity contribution in [2.24, 2.45) is 0 Å². The van der Waals surface area contributed by atoms with Gasteiger partial charge < -0.3 is 9.32 Å². The minimum atomic E-state index is -0.380. The van der Waals surface area contributed by atoms with E-state index in [0.29, 0.717) is 0 Å². The van der Waals surface area contributed by atoms with Gasteiger partial charge >= 0.3 is 0 Å². The van der Waals surface area contributed by atoms with Crippen molar-refractivity contribution < 1.29 is 4.42 Å². The third-order valence-electron chi connectivity index (χ3n) is 9.86. The van der Waals surface area contributed by atoms with Crippen LogP contribution in [0.1, 0.15) is 22.3 Å². The molecule has 210 valence electrons. The molecular weight excluding hydrogens is 546 g/mol. The third-order valence-corrected chi connectivity index (χ3v) is 9.86. The molecule has 0 saturated carbocycles. The zero-order chi connectivity index (χ0) is 29.5. The number of nitrogens with zero attached hydrogens (tertiary/aromatic N) is 1. The maximum Gasteiger partial charge on any atom is 0.135 e. The Hall–Kier alpha value is -5.86. The molecule has 0 N–H and O–H groups in total. The number of anilines is 3. The van der Waals surface area contributed by atoms with Crippen LogP contribution in [0.4, 0.5) is 17.1 Å². The van der Waals surface area contributed by atoms with Crippen LogP contribution in [0.2, 0.25) is 0 Å². The van der Waals surface area contributed by atoms with E-state index in [1.165, 1.54) is 44.5 Å². The summed E-state index contributed by atoms with van der Waals surface area (Å²) in [6.45, 7) is 0. The molecule has 0 radical (unpaired) electrons. The summed E-state index contributed by atoms with van der Waals surface area (Å²) in [5.74, 6) is 0. The van der Waals surface area contributed by atoms with Gasteiger partial charge in [0.05, 0.1) is 5.41 Å². The van der Waals surface area contributed by atoms with Crippen LogP contribution in [0.25, 0.3) is 44.2 Å². The lowest BCUT2D eigenvalue weighted by Gasteiger charge is -2.30. The molecule has 2 nitrogen and oxygen atoms in total. The van der Waals surface area contributed by atoms with Crippen LogP contribution >= 0.6 is 0 Å². The molecule has 0 amide bonds. The smallest absolute Gasteiger partial charge is 0.135 e. The van der Waals surface area contributed by atoms with Crippen LogP contribution in [0.15, 0.2) is 168 Å². The molecule has 10 rings (SSSR count). The van der Waals surface area contributed by atoms with Gasteiger partial charge in [-0.25, -0.2) is 0 Å². The van der Waals surface area contributed by atoms with Crippen molar-refractivity contribution in [2.75, 3.05) is 4.90 Å². The predicted octanol–water partition coefficient (Wildman–Crippen LogP) is 11.4. The fraction of sp³-hybridized carbons (Fsp3) is 0.0233. The first-order chi connectivity index (χ1) is 22.3. The van der Waals surface area contributed by atoms with E-state index >= 15 is 0 Å². The molecular formula is C43H27NO. The summed E-state index contributed by atoms with van der Waals surface area (Å²) in [7, 11) is 0. The molecule has 2 aliphatic rings. The Morgan fingerprint density at radius 2 is 0.844 bits per heavy atom. The van der Waals surface area contributed by atoms with E-state index in [4.69, 9.17) is 4.42 Å². The molecule has 0 saturated heterocycles. The second-order valence-corrected chi connectivity index (χ2v) is 12.1. The number of benzene rings is 7. The Morgan fingerprint density at radius 1 is 0.356 bits per heavy atom. The van der Waals surface area contributed by atoms with Gasteiger partial charge in [0, 0.05) is 27.8 Å². The first kappa shape index (κ1) is 24.6. The molecule has 0 bridgehead atoms. The Kier molecular flexibility index (Phi) is 4.95. The highest BCUT2D eigenvalue weighted by atomic mass is 16.3. The van der Waals surface area contributed by atoms with Gasteiger partial charge in [-0.05, 0) is 99.1 Å². The highest BCUT2D eigenvalue weighted by Crippen LogP contribution is 2.63. The number of hydrogen-bond donors (Lipinski definition) is 0. The Balaban J connectivity index is 1.25. The lowest BCUT2D eigenvalue weighted by atomic mass is 9.70. The van der Waals surface area contributed by atoms with Gasteiger partial charge in [0.15, 0.2) is 0 Å². The van der Waals surface area contributed by atoms with Gasteiger partial charge in [0.1, 0.15) is 11.2 Å². The predicted molar refractivity (Wildman–Crippen MR) is 185 cm³/mol. The summed E-state index contributed by atoms with van der Waals surface area (Å²) >= 11 is 0. The van der Waals surface area contributed by atoms with Gasteiger partial charge in [0.25, 0.3) is 0 Å². The number of fused-ring (bicyclic) bond motifs is 13. The summed E-state index contributed by atoms with van der Waals surface area (Å²) in [5.41, 5.74) is 15.3. The number of para-hydroxylation sites is 2. The first-order valence-electron chi connectivity index (χ1n) is 15.5. The van der Waals surface area contributed by atoms with E-state index in [0.717, 1.165) is 39.0 Å². The van der Waals surface area contributed by atoms with Crippen molar-refractivity contribution in [3.05, 3.63) is 186 Å². The van der Waals surface area contributed by atoms with Crippen molar-refractivity contribution in [1.29, 1.82) is 0 Å². The van der Waals surface area contributed by atoms with Crippen LogP contribution in [-0.2, 0) is 5.41 Å². The highest BCUT2D eigenvalue weighted by molar-refractivity contribution is 6.10. The fourth-order valence-electron chi connectivity index (χ4n) is 8.09. The van der Waals surface area contributed by atoms with Gasteiger partial charge in [-0.3, -0.25) is 0 Å². The standard InChI is InChI=1S/C43H27NO/c1-3-13-28(14-4-1)44(29-15-5-2-6-16-29)30-23-24-41-35(25-30)36-26-34-33-19-9-12-22-39(33)43(40(34)27-42(36)45-41)37-20-10-7-17-31(37)32-18-8-11-21-38(32)43/h1-27H. The third kappa shape index (κ3) is 3.23. The molecule has 8 aromatic rings. The maximum atomic E-state index is 6.68. The lowest BCUT2D eigenvalue weighted by molar-refractivity contribution is 0.666. The maximum absolute atomic E-state index is 6.68. The van der Waals surface area contributed by atoms with Crippen molar-refractivity contribution in [1.82, 2.24) is 0 Å². The molecule has 1 heterocycles. The highest BCUT2D eigenvalue weighted by Gasteiger charge is 2.51. The Labute approximate surface area is 261 Å². The van der Waals surface area contributed by atoms with E-state index < -0.39 is 0 Å². The molecule has 0 aliphatic heterocycles. The van der Waals surface area contributed by atoms with Crippen LogP contribution in [0, 0.1) is 0 Å². The van der Waals surface area contributed by atoms with Crippen molar-refractivity contribution in [3.8, 4) is 22.3 Å². The SMILES string of the molecule is c1ccc(N(c2ccccc2)c2ccc3oc4cc5c(cc4c3c2)-c2ccccc2C52c3ccccc3-c3ccccc32)cc1. The molecule has 2 aliphatic carbocycles. The lowest BCUT2D eigenvalue weighted by Crippen LogP contribution is -2.25. The van der Waals surface area contributed by atoms with E-state index in [9.17, 15) is 0 Å². The Bertz CT molecular complexity index is 2350. The van der Waals surface area contributed by atoms with Crippen LogP contribution in [-0.4, -0.2) is 0 Å². The molecule has 7 aromatic carbocycles. The zero-order valence-electron chi connectivity index (χ0n) is 24.4. The van der Waals surface area contributed by atoms with E-state index in [-0.39, 0.29) is 5.41 Å². The molecule has 45 heavy (non-hydrogen) atoms. The van der Waals surface area contributed by atoms with Gasteiger partial charge in [-0.2, -0.15) is 0 Å². The average Bonchev–Trinajstić information content (AvgIpc) is 3.72. The number of hydrogen-bond acceptors (Lipinski definition) is 2. The van der Waals surface area contributed by atoms with Crippen LogP contribution in [0.5, 0.6) is 0 Å². The van der Waals surface area contributed by atoms with Crippen molar-refractivity contribution >= 4 is 39.0 Å². The summed E-state index contributed by atoms with van der Waals surface area (Å²) in [4.78, 5) is 2.31. The van der Waals surface area contributed by atoms with Crippen LogP contribution in [0.3, 0.4) is 0 Å². The summed E-state index contributed by atoms with van der Waals surface area (Å²) in [5, 5.41) is 2.26. The summed E-state index contributed by atoms with van der Waals surface area (Å²) < 4.78 is 6.68. The van der Waals surface area contributed by atoms with Gasteiger partial charge in [-0.1, -0.05) is 109 Å². The topological polar surface area (TPSA) is 16.4 Å². The molecule has 1 spiro atoms. The van der Waals surface area contributed by atoms with Gasteiger partial charge in [-0.15, -0.1) is 0 Å².